The first-order valence-electron chi connectivity index (χ1n) is 10.8. The van der Waals surface area contributed by atoms with E-state index in [2.05, 4.69) is 5.32 Å². The van der Waals surface area contributed by atoms with Crippen LogP contribution in [0.15, 0.2) is 29.2 Å². The van der Waals surface area contributed by atoms with Gasteiger partial charge in [-0.15, -0.1) is 0 Å². The molecule has 0 spiro atoms. The molecule has 30 heavy (non-hydrogen) atoms. The van der Waals surface area contributed by atoms with Gasteiger partial charge in [0, 0.05) is 39.2 Å². The number of hydrogen-bond acceptors (Lipinski definition) is 5. The van der Waals surface area contributed by atoms with Gasteiger partial charge >= 0.3 is 6.03 Å². The number of carbonyl (C=O) groups is 1. The van der Waals surface area contributed by atoms with E-state index in [1.54, 1.807) is 31.4 Å². The number of carbonyl (C=O) groups excluding carboxylic acids is 1. The van der Waals surface area contributed by atoms with Gasteiger partial charge in [-0.25, -0.2) is 13.2 Å². The van der Waals surface area contributed by atoms with Crippen molar-refractivity contribution in [2.24, 2.45) is 0 Å². The average Bonchev–Trinajstić information content (AvgIpc) is 3.12. The van der Waals surface area contributed by atoms with E-state index in [1.165, 1.54) is 4.31 Å². The Labute approximate surface area is 178 Å². The summed E-state index contributed by atoms with van der Waals surface area (Å²) >= 11 is 0. The monoisotopic (exact) mass is 437 g/mol. The number of urea groups is 1. The van der Waals surface area contributed by atoms with Crippen molar-refractivity contribution < 1.29 is 22.7 Å². The third-order valence-corrected chi connectivity index (χ3v) is 8.34. The average molecular weight is 438 g/mol. The highest BCUT2D eigenvalue weighted by Gasteiger charge is 2.43. The maximum absolute atomic E-state index is 13.4. The van der Waals surface area contributed by atoms with E-state index in [1.807, 2.05) is 4.90 Å². The van der Waals surface area contributed by atoms with Crippen LogP contribution >= 0.6 is 0 Å². The van der Waals surface area contributed by atoms with E-state index in [0.717, 1.165) is 25.7 Å². The second kappa shape index (κ2) is 9.11. The van der Waals surface area contributed by atoms with Crippen LogP contribution < -0.4 is 10.1 Å². The van der Waals surface area contributed by atoms with Gasteiger partial charge in [0.25, 0.3) is 0 Å². The zero-order valence-corrected chi connectivity index (χ0v) is 18.3. The number of nitrogens with zero attached hydrogens (tertiary/aromatic N) is 2. The van der Waals surface area contributed by atoms with Crippen LogP contribution in [0.2, 0.25) is 0 Å². The Morgan fingerprint density at radius 1 is 1.17 bits per heavy atom. The molecule has 0 radical (unpaired) electrons. The van der Waals surface area contributed by atoms with Crippen LogP contribution in [0.1, 0.15) is 38.5 Å². The molecule has 8 nitrogen and oxygen atoms in total. The Kier molecular flexibility index (Phi) is 6.50. The van der Waals surface area contributed by atoms with Gasteiger partial charge in [-0.1, -0.05) is 25.0 Å². The number of benzene rings is 1. The second-order valence-corrected chi connectivity index (χ2v) is 10.1. The van der Waals surface area contributed by atoms with Crippen molar-refractivity contribution in [3.8, 4) is 5.75 Å². The summed E-state index contributed by atoms with van der Waals surface area (Å²) in [6, 6.07) is 6.66. The Morgan fingerprint density at radius 2 is 1.90 bits per heavy atom. The molecule has 0 aromatic heterocycles. The zero-order chi connectivity index (χ0) is 21.1. The molecule has 2 aliphatic heterocycles. The van der Waals surface area contributed by atoms with Crippen LogP contribution in [-0.4, -0.2) is 75.2 Å². The number of nitrogens with one attached hydrogen (secondary N) is 1. The Balaban J connectivity index is 1.57. The van der Waals surface area contributed by atoms with Crippen LogP contribution in [0, 0.1) is 0 Å². The van der Waals surface area contributed by atoms with Gasteiger partial charge in [0.1, 0.15) is 16.7 Å². The Morgan fingerprint density at radius 3 is 2.67 bits per heavy atom. The minimum absolute atomic E-state index is 0.0509. The van der Waals surface area contributed by atoms with Crippen molar-refractivity contribution in [1.29, 1.82) is 0 Å². The number of para-hydroxylation sites is 1. The molecule has 1 aromatic carbocycles. The first-order chi connectivity index (χ1) is 14.5. The summed E-state index contributed by atoms with van der Waals surface area (Å²) in [4.78, 5) is 14.8. The minimum atomic E-state index is -3.73. The smallest absolute Gasteiger partial charge is 0.317 e. The standard InChI is InChI=1S/C21H31N3O5S/c1-28-15-14-24-17-10-12-23(21(25)22-16-6-2-3-7-16)13-11-18(17)29-19-8-4-5-9-20(19)30(24,26)27/h4-5,8-9,16-18H,2-3,6-7,10-15H2,1H3,(H,22,25)/t17-,18-/m1/s1. The molecule has 4 rings (SSSR count). The molecule has 1 saturated carbocycles. The van der Waals surface area contributed by atoms with E-state index in [9.17, 15) is 13.2 Å². The molecule has 2 heterocycles. The molecule has 3 aliphatic rings. The Bertz CT molecular complexity index is 856. The highest BCUT2D eigenvalue weighted by atomic mass is 32.2. The van der Waals surface area contributed by atoms with Crippen LogP contribution in [0.4, 0.5) is 4.79 Å². The molecule has 2 fully saturated rings. The van der Waals surface area contributed by atoms with E-state index in [4.69, 9.17) is 9.47 Å². The predicted octanol–water partition coefficient (Wildman–Crippen LogP) is 2.20. The van der Waals surface area contributed by atoms with E-state index in [-0.39, 0.29) is 35.7 Å². The number of amides is 2. The third-order valence-electron chi connectivity index (χ3n) is 6.38. The van der Waals surface area contributed by atoms with Gasteiger partial charge in [-0.05, 0) is 31.4 Å². The topological polar surface area (TPSA) is 88.2 Å². The molecule has 9 heteroatoms. The maximum atomic E-state index is 13.4. The van der Waals surface area contributed by atoms with Crippen molar-refractivity contribution in [2.75, 3.05) is 33.4 Å². The predicted molar refractivity (Wildman–Crippen MR) is 112 cm³/mol. The summed E-state index contributed by atoms with van der Waals surface area (Å²) in [6.45, 7) is 1.60. The second-order valence-electron chi connectivity index (χ2n) is 8.27. The lowest BCUT2D eigenvalue weighted by molar-refractivity contribution is 0.0958. The van der Waals surface area contributed by atoms with Gasteiger partial charge in [-0.2, -0.15) is 4.31 Å². The van der Waals surface area contributed by atoms with Gasteiger partial charge in [0.15, 0.2) is 0 Å². The fraction of sp³-hybridized carbons (Fsp3) is 0.667. The normalized spacial score (nSPS) is 26.8. The number of rotatable bonds is 4. The molecule has 1 aromatic rings. The molecule has 1 saturated heterocycles. The number of sulfonamides is 1. The molecule has 0 bridgehead atoms. The lowest BCUT2D eigenvalue weighted by Crippen LogP contribution is -2.48. The van der Waals surface area contributed by atoms with Crippen LogP contribution in [0.5, 0.6) is 5.75 Å². The van der Waals surface area contributed by atoms with Gasteiger partial charge in [0.2, 0.25) is 10.0 Å². The van der Waals surface area contributed by atoms with Crippen LogP contribution in [0.3, 0.4) is 0 Å². The molecule has 1 N–H and O–H groups in total. The highest BCUT2D eigenvalue weighted by Crippen LogP contribution is 2.36. The molecule has 0 unspecified atom stereocenters. The number of ether oxygens (including phenoxy) is 2. The molecule has 1 aliphatic carbocycles. The summed E-state index contributed by atoms with van der Waals surface area (Å²) in [5, 5.41) is 3.14. The zero-order valence-electron chi connectivity index (χ0n) is 17.5. The summed E-state index contributed by atoms with van der Waals surface area (Å²) in [7, 11) is -2.16. The molecule has 2 atom stereocenters. The van der Waals surface area contributed by atoms with Crippen LogP contribution in [0.25, 0.3) is 0 Å². The fourth-order valence-corrected chi connectivity index (χ4v) is 6.55. The summed E-state index contributed by atoms with van der Waals surface area (Å²) in [5.74, 6) is 0.385. The number of fused-ring (bicyclic) bond motifs is 2. The Hall–Kier alpha value is -1.84. The minimum Gasteiger partial charge on any atom is -0.487 e. The lowest BCUT2D eigenvalue weighted by atomic mass is 10.1. The number of likely N-dealkylation sites (tertiary alicyclic amines) is 1. The van der Waals surface area contributed by atoms with E-state index < -0.39 is 10.0 Å². The summed E-state index contributed by atoms with van der Waals surface area (Å²) in [5.41, 5.74) is 0. The lowest BCUT2D eigenvalue weighted by Gasteiger charge is -2.31. The van der Waals surface area contributed by atoms with Crippen molar-refractivity contribution in [2.45, 2.75) is 61.6 Å². The first kappa shape index (κ1) is 21.4. The molecular weight excluding hydrogens is 406 g/mol. The maximum Gasteiger partial charge on any atom is 0.317 e. The summed E-state index contributed by atoms with van der Waals surface area (Å²) in [6.07, 6.45) is 5.19. The van der Waals surface area contributed by atoms with Gasteiger partial charge in [0.05, 0.1) is 12.6 Å². The van der Waals surface area contributed by atoms with Crippen molar-refractivity contribution in [3.63, 3.8) is 0 Å². The molecular formula is C21H31N3O5S. The number of hydrogen-bond donors (Lipinski definition) is 1. The van der Waals surface area contributed by atoms with E-state index in [0.29, 0.717) is 38.3 Å². The van der Waals surface area contributed by atoms with Gasteiger partial charge < -0.3 is 19.7 Å². The largest absolute Gasteiger partial charge is 0.487 e. The number of methoxy groups -OCH3 is 1. The van der Waals surface area contributed by atoms with Crippen molar-refractivity contribution in [1.82, 2.24) is 14.5 Å². The quantitative estimate of drug-likeness (QED) is 0.780. The first-order valence-corrected chi connectivity index (χ1v) is 12.3. The van der Waals surface area contributed by atoms with Crippen LogP contribution in [-0.2, 0) is 14.8 Å². The van der Waals surface area contributed by atoms with Crippen molar-refractivity contribution >= 4 is 16.1 Å². The van der Waals surface area contributed by atoms with E-state index >= 15 is 0 Å². The summed E-state index contributed by atoms with van der Waals surface area (Å²) < 4.78 is 39.8. The molecule has 2 amide bonds. The fourth-order valence-electron chi connectivity index (χ4n) is 4.76. The SMILES string of the molecule is COCCN1[C@@H]2CCN(C(=O)NC3CCCC3)CC[C@H]2Oc2ccccc2S1(=O)=O. The van der Waals surface area contributed by atoms with Crippen molar-refractivity contribution in [3.05, 3.63) is 24.3 Å². The third kappa shape index (κ3) is 4.29. The molecule has 166 valence electrons. The van der Waals surface area contributed by atoms with Gasteiger partial charge in [-0.3, -0.25) is 0 Å². The highest BCUT2D eigenvalue weighted by molar-refractivity contribution is 7.89.